The standard InChI is InChI=1S/C21H19ClF3NO4.C12H16NO2/c22-18-11-14(21(23,24)25)3-6-19(18)30-10-9-29-15-4-1-13(2-5-15)16-7-8-26-12-17(16)20(27)28;1-14-11-5-9(6-12(7-11)15-2)8-13-10-3-4-10/h1-6,11,26H,7-10,12H2,(H,27,28);5-7,10H,3-4,8H2,1-2H3/q;-1. The molecule has 3 aromatic rings. The molecule has 0 radical (unpaired) electrons. The Labute approximate surface area is 265 Å². The molecule has 1 aliphatic heterocycles. The Morgan fingerprint density at radius 2 is 1.62 bits per heavy atom. The van der Waals surface area contributed by atoms with Crippen molar-refractivity contribution in [2.45, 2.75) is 38.0 Å². The van der Waals surface area contributed by atoms with E-state index in [4.69, 9.17) is 30.5 Å². The first-order valence-electron chi connectivity index (χ1n) is 14.3. The van der Waals surface area contributed by atoms with Crippen LogP contribution in [0.2, 0.25) is 5.02 Å². The highest BCUT2D eigenvalue weighted by molar-refractivity contribution is 6.32. The molecule has 12 heteroatoms. The molecule has 0 saturated heterocycles. The van der Waals surface area contributed by atoms with Crippen molar-refractivity contribution in [3.05, 3.63) is 93.3 Å². The van der Waals surface area contributed by atoms with Crippen LogP contribution < -0.4 is 24.3 Å². The van der Waals surface area contributed by atoms with Crippen LogP contribution in [0.1, 0.15) is 36.0 Å². The van der Waals surface area contributed by atoms with Gasteiger partial charge in [-0.05, 0) is 66.6 Å². The Balaban J connectivity index is 0.000000256. The van der Waals surface area contributed by atoms with Gasteiger partial charge in [0.1, 0.15) is 36.2 Å². The van der Waals surface area contributed by atoms with Crippen LogP contribution in [0.3, 0.4) is 0 Å². The van der Waals surface area contributed by atoms with Gasteiger partial charge < -0.3 is 34.7 Å². The fourth-order valence-corrected chi connectivity index (χ4v) is 4.75. The predicted octanol–water partition coefficient (Wildman–Crippen LogP) is 7.39. The molecule has 3 aromatic carbocycles. The smallest absolute Gasteiger partial charge is 0.416 e. The zero-order valence-corrected chi connectivity index (χ0v) is 25.7. The molecule has 0 spiro atoms. The summed E-state index contributed by atoms with van der Waals surface area (Å²) in [4.78, 5) is 11.4. The summed E-state index contributed by atoms with van der Waals surface area (Å²) in [5.74, 6) is 1.43. The zero-order chi connectivity index (χ0) is 32.4. The van der Waals surface area contributed by atoms with Crippen molar-refractivity contribution < 1.29 is 42.0 Å². The minimum absolute atomic E-state index is 0.0901. The number of carboxylic acids is 1. The van der Waals surface area contributed by atoms with Gasteiger partial charge in [-0.3, -0.25) is 0 Å². The Bertz CT molecular complexity index is 1450. The van der Waals surface area contributed by atoms with Crippen molar-refractivity contribution in [3.63, 3.8) is 0 Å². The van der Waals surface area contributed by atoms with Gasteiger partial charge in [-0.15, -0.1) is 12.6 Å². The zero-order valence-electron chi connectivity index (χ0n) is 25.0. The van der Waals surface area contributed by atoms with Gasteiger partial charge in [0.25, 0.3) is 0 Å². The molecule has 1 fully saturated rings. The van der Waals surface area contributed by atoms with Crippen LogP contribution in [-0.2, 0) is 17.5 Å². The van der Waals surface area contributed by atoms with Crippen molar-refractivity contribution in [1.29, 1.82) is 0 Å². The Kier molecular flexibility index (Phi) is 12.0. The van der Waals surface area contributed by atoms with Gasteiger partial charge in [-0.25, -0.2) is 4.79 Å². The van der Waals surface area contributed by atoms with Crippen molar-refractivity contribution in [1.82, 2.24) is 5.32 Å². The van der Waals surface area contributed by atoms with E-state index in [0.717, 1.165) is 46.9 Å². The van der Waals surface area contributed by atoms with Crippen molar-refractivity contribution in [2.24, 2.45) is 0 Å². The number of alkyl halides is 3. The van der Waals surface area contributed by atoms with E-state index in [1.165, 1.54) is 18.9 Å². The van der Waals surface area contributed by atoms with E-state index in [0.29, 0.717) is 36.9 Å². The van der Waals surface area contributed by atoms with E-state index in [2.05, 4.69) is 10.6 Å². The number of hydrogen-bond donors (Lipinski definition) is 2. The summed E-state index contributed by atoms with van der Waals surface area (Å²) < 4.78 is 59.3. The van der Waals surface area contributed by atoms with Gasteiger partial charge in [-0.2, -0.15) is 13.2 Å². The Morgan fingerprint density at radius 3 is 2.20 bits per heavy atom. The minimum atomic E-state index is -4.47. The quantitative estimate of drug-likeness (QED) is 0.198. The lowest BCUT2D eigenvalue weighted by atomic mass is 9.94. The number of halogens is 4. The first kappa shape index (κ1) is 34.0. The van der Waals surface area contributed by atoms with Gasteiger partial charge in [0, 0.05) is 12.6 Å². The molecule has 5 rings (SSSR count). The van der Waals surface area contributed by atoms with E-state index in [9.17, 15) is 23.1 Å². The molecule has 0 bridgehead atoms. The summed E-state index contributed by atoms with van der Waals surface area (Å²) in [6.07, 6.45) is -1.33. The molecule has 0 atom stereocenters. The highest BCUT2D eigenvalue weighted by Crippen LogP contribution is 2.35. The summed E-state index contributed by atoms with van der Waals surface area (Å²) >= 11 is 5.84. The maximum absolute atomic E-state index is 12.6. The second-order valence-electron chi connectivity index (χ2n) is 10.3. The van der Waals surface area contributed by atoms with Crippen LogP contribution in [0.25, 0.3) is 10.9 Å². The number of hydrogen-bond acceptors (Lipinski definition) is 6. The number of rotatable bonds is 12. The third kappa shape index (κ3) is 10.3. The third-order valence-corrected chi connectivity index (χ3v) is 7.33. The summed E-state index contributed by atoms with van der Waals surface area (Å²) in [6.45, 7) is 2.05. The molecule has 242 valence electrons. The van der Waals surface area contributed by atoms with Crippen LogP contribution >= 0.6 is 11.6 Å². The maximum atomic E-state index is 12.6. The average molecular weight is 648 g/mol. The van der Waals surface area contributed by atoms with E-state index in [-0.39, 0.29) is 24.0 Å². The van der Waals surface area contributed by atoms with Crippen LogP contribution in [0.4, 0.5) is 13.2 Å². The molecule has 1 aliphatic carbocycles. The first-order valence-corrected chi connectivity index (χ1v) is 14.7. The molecule has 2 N–H and O–H groups in total. The topological polar surface area (TPSA) is 100 Å². The third-order valence-electron chi connectivity index (χ3n) is 7.04. The lowest BCUT2D eigenvalue weighted by Crippen LogP contribution is -2.28. The number of ether oxygens (including phenoxy) is 4. The average Bonchev–Trinajstić information content (AvgIpc) is 3.87. The lowest BCUT2D eigenvalue weighted by molar-refractivity contribution is -0.137. The van der Waals surface area contributed by atoms with Crippen molar-refractivity contribution >= 4 is 23.1 Å². The molecule has 1 heterocycles. The highest BCUT2D eigenvalue weighted by Gasteiger charge is 2.31. The van der Waals surface area contributed by atoms with E-state index in [1.54, 1.807) is 38.5 Å². The number of carbonyl (C=O) groups is 1. The van der Waals surface area contributed by atoms with Crippen LogP contribution in [-0.4, -0.2) is 57.6 Å². The maximum Gasteiger partial charge on any atom is 0.416 e. The van der Waals surface area contributed by atoms with Gasteiger partial charge >= 0.3 is 12.1 Å². The molecule has 45 heavy (non-hydrogen) atoms. The molecular weight excluding hydrogens is 613 g/mol. The number of carboxylic acid groups (broad SMARTS) is 1. The molecule has 1 saturated carbocycles. The SMILES string of the molecule is COc1cc(C[N-]C2CC2)cc(OC)c1.O=C(O)C1=C(c2ccc(OCCOc3ccc(C(F)(F)F)cc3Cl)cc2)CCNC1. The summed E-state index contributed by atoms with van der Waals surface area (Å²) in [5, 5.41) is 16.8. The molecule has 0 aromatic heterocycles. The summed E-state index contributed by atoms with van der Waals surface area (Å²) in [5.41, 5.74) is 2.29. The second-order valence-corrected chi connectivity index (χ2v) is 10.8. The molecular formula is C33H35ClF3N2O6-. The minimum Gasteiger partial charge on any atom is -0.656 e. The van der Waals surface area contributed by atoms with Gasteiger partial charge in [0.05, 0.1) is 30.4 Å². The number of methoxy groups -OCH3 is 2. The predicted molar refractivity (Wildman–Crippen MR) is 166 cm³/mol. The second kappa shape index (κ2) is 15.9. The van der Waals surface area contributed by atoms with Crippen molar-refractivity contribution in [3.8, 4) is 23.0 Å². The van der Waals surface area contributed by atoms with Gasteiger partial charge in [-0.1, -0.05) is 42.1 Å². The van der Waals surface area contributed by atoms with Gasteiger partial charge in [0.15, 0.2) is 0 Å². The van der Waals surface area contributed by atoms with Gasteiger partial charge in [0.2, 0.25) is 0 Å². The number of benzene rings is 3. The normalized spacial score (nSPS) is 14.7. The first-order chi connectivity index (χ1) is 21.6. The number of nitrogens with zero attached hydrogens (tertiary/aromatic N) is 1. The lowest BCUT2D eigenvalue weighted by Gasteiger charge is -2.19. The van der Waals surface area contributed by atoms with E-state index < -0.39 is 17.7 Å². The molecule has 0 unspecified atom stereocenters. The van der Waals surface area contributed by atoms with Crippen molar-refractivity contribution in [2.75, 3.05) is 40.5 Å². The summed E-state index contributed by atoms with van der Waals surface area (Å²) in [7, 11) is 3.33. The van der Waals surface area contributed by atoms with Crippen LogP contribution in [0.5, 0.6) is 23.0 Å². The van der Waals surface area contributed by atoms with Crippen LogP contribution in [0.15, 0.2) is 66.2 Å². The van der Waals surface area contributed by atoms with Crippen LogP contribution in [0, 0.1) is 0 Å². The monoisotopic (exact) mass is 647 g/mol. The van der Waals surface area contributed by atoms with E-state index in [1.807, 2.05) is 18.2 Å². The molecule has 8 nitrogen and oxygen atoms in total. The highest BCUT2D eigenvalue weighted by atomic mass is 35.5. The Morgan fingerprint density at radius 1 is 0.956 bits per heavy atom. The largest absolute Gasteiger partial charge is 0.656 e. The fraction of sp³-hybridized carbons (Fsp3) is 0.364. The summed E-state index contributed by atoms with van der Waals surface area (Å²) in [6, 6.07) is 16.4. The number of nitrogens with one attached hydrogen (secondary N) is 1. The number of aliphatic carboxylic acids is 1. The molecule has 2 aliphatic rings. The fourth-order valence-electron chi connectivity index (χ4n) is 4.51. The van der Waals surface area contributed by atoms with E-state index >= 15 is 0 Å². The molecule has 0 amide bonds. The Hall–Kier alpha value is -3.93.